The van der Waals surface area contributed by atoms with Crippen molar-refractivity contribution in [3.63, 3.8) is 0 Å². The number of aryl methyl sites for hydroxylation is 1. The van der Waals surface area contributed by atoms with E-state index in [-0.39, 0.29) is 18.4 Å². The zero-order chi connectivity index (χ0) is 10.8. The molecule has 0 aliphatic rings. The summed E-state index contributed by atoms with van der Waals surface area (Å²) in [5.74, 6) is 0. The van der Waals surface area contributed by atoms with Crippen molar-refractivity contribution in [2.45, 2.75) is 25.8 Å². The van der Waals surface area contributed by atoms with Crippen LogP contribution in [-0.2, 0) is 13.5 Å². The first kappa shape index (κ1) is 13.1. The van der Waals surface area contributed by atoms with Crippen LogP contribution in [0.4, 0.5) is 0 Å². The quantitative estimate of drug-likeness (QED) is 0.876. The number of hydrogen-bond acceptors (Lipinski definition) is 1. The van der Waals surface area contributed by atoms with Gasteiger partial charge in [-0.25, -0.2) is 0 Å². The maximum Gasteiger partial charge on any atom is 0.0480 e. The van der Waals surface area contributed by atoms with Gasteiger partial charge in [-0.3, -0.25) is 0 Å². The Morgan fingerprint density at radius 3 is 2.69 bits per heavy atom. The molecule has 2 nitrogen and oxygen atoms in total. The minimum absolute atomic E-state index is 0. The van der Waals surface area contributed by atoms with E-state index in [2.05, 4.69) is 49.0 Å². The lowest BCUT2D eigenvalue weighted by Crippen LogP contribution is -2.21. The van der Waals surface area contributed by atoms with E-state index >= 15 is 0 Å². The molecule has 16 heavy (non-hydrogen) atoms. The Hall–Kier alpha value is -0.990. The summed E-state index contributed by atoms with van der Waals surface area (Å²) in [6, 6.07) is 8.76. The number of nitrogens with zero attached hydrogens (tertiary/aromatic N) is 1. The Labute approximate surface area is 103 Å². The van der Waals surface area contributed by atoms with Gasteiger partial charge in [-0.15, -0.1) is 12.4 Å². The molecule has 2 N–H and O–H groups in total. The monoisotopic (exact) mass is 238 g/mol. The van der Waals surface area contributed by atoms with Crippen LogP contribution < -0.4 is 5.73 Å². The van der Waals surface area contributed by atoms with Gasteiger partial charge in [0.2, 0.25) is 0 Å². The topological polar surface area (TPSA) is 30.9 Å². The van der Waals surface area contributed by atoms with Crippen molar-refractivity contribution in [3.05, 3.63) is 36.0 Å². The Bertz CT molecular complexity index is 462. The summed E-state index contributed by atoms with van der Waals surface area (Å²) >= 11 is 0. The predicted molar refractivity (Wildman–Crippen MR) is 72.1 cm³/mol. The van der Waals surface area contributed by atoms with Crippen molar-refractivity contribution in [2.24, 2.45) is 12.8 Å². The van der Waals surface area contributed by atoms with Crippen LogP contribution in [0.25, 0.3) is 10.9 Å². The number of nitrogens with two attached hydrogens (primary N) is 1. The zero-order valence-electron chi connectivity index (χ0n) is 9.81. The van der Waals surface area contributed by atoms with Crippen LogP contribution in [0.5, 0.6) is 0 Å². The molecule has 1 heterocycles. The molecule has 0 bridgehead atoms. The molecule has 0 saturated heterocycles. The van der Waals surface area contributed by atoms with Crippen molar-refractivity contribution in [3.8, 4) is 0 Å². The molecule has 0 radical (unpaired) electrons. The largest absolute Gasteiger partial charge is 0.350 e. The Morgan fingerprint density at radius 2 is 2.00 bits per heavy atom. The SMILES string of the molecule is CCC(N)Cc1cn(C)c2ccccc12.Cl. The van der Waals surface area contributed by atoms with Gasteiger partial charge in [0.05, 0.1) is 0 Å². The standard InChI is InChI=1S/C13H18N2.ClH/c1-3-11(14)8-10-9-15(2)13-7-5-4-6-12(10)13;/h4-7,9,11H,3,8,14H2,1-2H3;1H. The molecule has 1 unspecified atom stereocenters. The van der Waals surface area contributed by atoms with Crippen molar-refractivity contribution in [2.75, 3.05) is 0 Å². The first-order chi connectivity index (χ1) is 7.22. The minimum atomic E-state index is 0. The number of fused-ring (bicyclic) bond motifs is 1. The lowest BCUT2D eigenvalue weighted by atomic mass is 10.0. The molecule has 2 aromatic rings. The number of rotatable bonds is 3. The third-order valence-corrected chi connectivity index (χ3v) is 2.99. The average Bonchev–Trinajstić information content (AvgIpc) is 2.57. The number of para-hydroxylation sites is 1. The summed E-state index contributed by atoms with van der Waals surface area (Å²) in [6.07, 6.45) is 4.20. The molecule has 0 spiro atoms. The summed E-state index contributed by atoms with van der Waals surface area (Å²) in [5, 5.41) is 1.34. The molecule has 0 aliphatic heterocycles. The lowest BCUT2D eigenvalue weighted by molar-refractivity contribution is 0.647. The van der Waals surface area contributed by atoms with Crippen LogP contribution in [-0.4, -0.2) is 10.6 Å². The van der Waals surface area contributed by atoms with Crippen molar-refractivity contribution in [1.82, 2.24) is 4.57 Å². The summed E-state index contributed by atoms with van der Waals surface area (Å²) in [4.78, 5) is 0. The first-order valence-corrected chi connectivity index (χ1v) is 5.51. The van der Waals surface area contributed by atoms with Gasteiger partial charge in [0.25, 0.3) is 0 Å². The van der Waals surface area contributed by atoms with E-state index in [0.717, 1.165) is 12.8 Å². The molecule has 1 atom stereocenters. The minimum Gasteiger partial charge on any atom is -0.350 e. The molecule has 0 saturated carbocycles. The van der Waals surface area contributed by atoms with Crippen molar-refractivity contribution < 1.29 is 0 Å². The van der Waals surface area contributed by atoms with Gasteiger partial charge < -0.3 is 10.3 Å². The second-order valence-corrected chi connectivity index (χ2v) is 4.15. The van der Waals surface area contributed by atoms with Crippen molar-refractivity contribution in [1.29, 1.82) is 0 Å². The highest BCUT2D eigenvalue weighted by atomic mass is 35.5. The van der Waals surface area contributed by atoms with Gasteiger partial charge in [-0.05, 0) is 24.5 Å². The summed E-state index contributed by atoms with van der Waals surface area (Å²) in [5.41, 5.74) is 8.65. The van der Waals surface area contributed by atoms with Gasteiger partial charge in [0.15, 0.2) is 0 Å². The Morgan fingerprint density at radius 1 is 1.31 bits per heavy atom. The van der Waals surface area contributed by atoms with Gasteiger partial charge in [-0.1, -0.05) is 25.1 Å². The van der Waals surface area contributed by atoms with Crippen LogP contribution in [0.3, 0.4) is 0 Å². The van der Waals surface area contributed by atoms with Crippen LogP contribution in [0.15, 0.2) is 30.5 Å². The molecule has 1 aromatic heterocycles. The van der Waals surface area contributed by atoms with E-state index in [1.165, 1.54) is 16.5 Å². The highest BCUT2D eigenvalue weighted by Gasteiger charge is 2.08. The maximum atomic E-state index is 6.00. The van der Waals surface area contributed by atoms with Crippen LogP contribution >= 0.6 is 12.4 Å². The molecule has 2 rings (SSSR count). The molecule has 0 aliphatic carbocycles. The number of aromatic nitrogens is 1. The number of benzene rings is 1. The van der Waals surface area contributed by atoms with Crippen molar-refractivity contribution >= 4 is 23.3 Å². The van der Waals surface area contributed by atoms with Gasteiger partial charge >= 0.3 is 0 Å². The fourth-order valence-corrected chi connectivity index (χ4v) is 2.02. The molecular weight excluding hydrogens is 220 g/mol. The Balaban J connectivity index is 0.00000128. The third kappa shape index (κ3) is 2.39. The normalized spacial score (nSPS) is 12.4. The Kier molecular flexibility index (Phi) is 4.39. The van der Waals surface area contributed by atoms with Crippen LogP contribution in [0.2, 0.25) is 0 Å². The highest BCUT2D eigenvalue weighted by molar-refractivity contribution is 5.85. The zero-order valence-corrected chi connectivity index (χ0v) is 10.6. The summed E-state index contributed by atoms with van der Waals surface area (Å²) in [7, 11) is 2.09. The predicted octanol–water partition coefficient (Wildman–Crippen LogP) is 2.88. The summed E-state index contributed by atoms with van der Waals surface area (Å²) < 4.78 is 2.17. The van der Waals surface area contributed by atoms with E-state index in [1.807, 2.05) is 0 Å². The molecular formula is C13H19ClN2. The second kappa shape index (κ2) is 5.37. The third-order valence-electron chi connectivity index (χ3n) is 2.99. The van der Waals surface area contributed by atoms with E-state index < -0.39 is 0 Å². The van der Waals surface area contributed by atoms with E-state index in [0.29, 0.717) is 0 Å². The average molecular weight is 239 g/mol. The fourth-order valence-electron chi connectivity index (χ4n) is 2.02. The smallest absolute Gasteiger partial charge is 0.0480 e. The summed E-state index contributed by atoms with van der Waals surface area (Å²) in [6.45, 7) is 2.13. The number of halogens is 1. The van der Waals surface area contributed by atoms with Gasteiger partial charge in [0.1, 0.15) is 0 Å². The van der Waals surface area contributed by atoms with Crippen LogP contribution in [0, 0.1) is 0 Å². The molecule has 1 aromatic carbocycles. The van der Waals surface area contributed by atoms with Gasteiger partial charge in [0, 0.05) is 30.2 Å². The molecule has 0 fully saturated rings. The second-order valence-electron chi connectivity index (χ2n) is 4.15. The number of hydrogen-bond donors (Lipinski definition) is 1. The van der Waals surface area contributed by atoms with E-state index in [9.17, 15) is 0 Å². The van der Waals surface area contributed by atoms with Gasteiger partial charge in [-0.2, -0.15) is 0 Å². The van der Waals surface area contributed by atoms with Crippen LogP contribution in [0.1, 0.15) is 18.9 Å². The molecule has 88 valence electrons. The highest BCUT2D eigenvalue weighted by Crippen LogP contribution is 2.21. The molecule has 0 amide bonds. The maximum absolute atomic E-state index is 6.00. The van der Waals surface area contributed by atoms with E-state index in [1.54, 1.807) is 0 Å². The lowest BCUT2D eigenvalue weighted by Gasteiger charge is -2.06. The van der Waals surface area contributed by atoms with E-state index in [4.69, 9.17) is 5.73 Å². The molecule has 3 heteroatoms. The first-order valence-electron chi connectivity index (χ1n) is 5.51. The fraction of sp³-hybridized carbons (Fsp3) is 0.385.